The molecule has 1 unspecified atom stereocenters. The highest BCUT2D eigenvalue weighted by molar-refractivity contribution is 6.01. The number of amides is 1. The first kappa shape index (κ1) is 19.2. The maximum absolute atomic E-state index is 12.3. The van der Waals surface area contributed by atoms with E-state index in [1.54, 1.807) is 4.90 Å². The third kappa shape index (κ3) is 4.72. The van der Waals surface area contributed by atoms with Gasteiger partial charge in [-0.1, -0.05) is 19.1 Å². The van der Waals surface area contributed by atoms with Crippen molar-refractivity contribution in [2.24, 2.45) is 0 Å². The number of ketones is 1. The fourth-order valence-corrected chi connectivity index (χ4v) is 2.97. The van der Waals surface area contributed by atoms with Crippen LogP contribution in [0.5, 0.6) is 0 Å². The Bertz CT molecular complexity index is 624. The predicted octanol–water partition coefficient (Wildman–Crippen LogP) is 2.70. The van der Waals surface area contributed by atoms with Crippen LogP contribution in [-0.2, 0) is 4.74 Å². The maximum Gasteiger partial charge on any atom is 0.410 e. The topological polar surface area (TPSA) is 70.1 Å². The lowest BCUT2D eigenvalue weighted by Crippen LogP contribution is -2.57. The molecule has 1 heterocycles. The first-order valence-electron chi connectivity index (χ1n) is 8.74. The highest BCUT2D eigenvalue weighted by atomic mass is 16.6. The average Bonchev–Trinajstić information content (AvgIpc) is 2.59. The van der Waals surface area contributed by atoms with Crippen molar-refractivity contribution < 1.29 is 19.4 Å². The summed E-state index contributed by atoms with van der Waals surface area (Å²) in [6.45, 7) is 8.61. The molecule has 138 valence electrons. The van der Waals surface area contributed by atoms with Crippen LogP contribution in [0.2, 0.25) is 0 Å². The summed E-state index contributed by atoms with van der Waals surface area (Å²) in [6.07, 6.45) is 0.0575. The summed E-state index contributed by atoms with van der Waals surface area (Å²) >= 11 is 0. The van der Waals surface area contributed by atoms with Crippen molar-refractivity contribution in [2.45, 2.75) is 45.8 Å². The number of Topliss-reactive ketones (excluding diaryl/α,β-unsaturated/α-hetero) is 1. The Morgan fingerprint density at radius 3 is 2.52 bits per heavy atom. The molecule has 6 heteroatoms. The number of para-hydroxylation sites is 1. The summed E-state index contributed by atoms with van der Waals surface area (Å²) in [4.78, 5) is 28.2. The van der Waals surface area contributed by atoms with Gasteiger partial charge in [0.25, 0.3) is 0 Å². The molecule has 0 aromatic heterocycles. The summed E-state index contributed by atoms with van der Waals surface area (Å²) in [5.41, 5.74) is 0.926. The Balaban J connectivity index is 2.18. The lowest BCUT2D eigenvalue weighted by Gasteiger charge is -2.42. The molecule has 0 spiro atoms. The Kier molecular flexibility index (Phi) is 6.06. The number of piperazine rings is 1. The van der Waals surface area contributed by atoms with Gasteiger partial charge in [0.15, 0.2) is 5.78 Å². The van der Waals surface area contributed by atoms with E-state index < -0.39 is 5.60 Å². The zero-order valence-electron chi connectivity index (χ0n) is 15.5. The number of hydrogen-bond acceptors (Lipinski definition) is 5. The number of hydrogen-bond donors (Lipinski definition) is 1. The number of ether oxygens (including phenoxy) is 1. The number of aliphatic hydroxyl groups is 1. The van der Waals surface area contributed by atoms with E-state index in [9.17, 15) is 14.7 Å². The summed E-state index contributed by atoms with van der Waals surface area (Å²) in [7, 11) is 0. The summed E-state index contributed by atoms with van der Waals surface area (Å²) in [5, 5.41) is 9.84. The highest BCUT2D eigenvalue weighted by Crippen LogP contribution is 2.26. The Hall–Kier alpha value is -2.08. The van der Waals surface area contributed by atoms with Crippen molar-refractivity contribution in [1.82, 2.24) is 4.90 Å². The second-order valence-electron chi connectivity index (χ2n) is 7.25. The van der Waals surface area contributed by atoms with Gasteiger partial charge >= 0.3 is 6.09 Å². The van der Waals surface area contributed by atoms with Crippen LogP contribution in [0.25, 0.3) is 0 Å². The number of carbonyl (C=O) groups excluding carboxylic acids is 2. The number of aliphatic hydroxyl groups excluding tert-OH is 1. The molecule has 1 amide bonds. The van der Waals surface area contributed by atoms with Gasteiger partial charge in [0.05, 0.1) is 12.6 Å². The molecule has 1 aliphatic heterocycles. The van der Waals surface area contributed by atoms with Crippen LogP contribution in [-0.4, -0.2) is 59.8 Å². The first-order chi connectivity index (χ1) is 11.8. The van der Waals surface area contributed by atoms with E-state index in [-0.39, 0.29) is 24.5 Å². The lowest BCUT2D eigenvalue weighted by molar-refractivity contribution is 0.0197. The zero-order chi connectivity index (χ0) is 18.6. The van der Waals surface area contributed by atoms with Crippen molar-refractivity contribution in [3.8, 4) is 0 Å². The number of nitrogens with zero attached hydrogens (tertiary/aromatic N) is 2. The van der Waals surface area contributed by atoms with E-state index in [0.717, 1.165) is 5.69 Å². The highest BCUT2D eigenvalue weighted by Gasteiger charge is 2.33. The molecule has 1 atom stereocenters. The van der Waals surface area contributed by atoms with Crippen LogP contribution < -0.4 is 4.90 Å². The van der Waals surface area contributed by atoms with Crippen molar-refractivity contribution in [3.63, 3.8) is 0 Å². The zero-order valence-corrected chi connectivity index (χ0v) is 15.5. The SMILES string of the molecule is CCC(=O)c1ccccc1N1CCN(C(=O)OC(C)(C)C)CC1CO. The molecule has 1 aromatic rings. The summed E-state index contributed by atoms with van der Waals surface area (Å²) < 4.78 is 5.42. The van der Waals surface area contributed by atoms with Gasteiger partial charge in [-0.15, -0.1) is 0 Å². The number of benzene rings is 1. The van der Waals surface area contributed by atoms with E-state index in [2.05, 4.69) is 0 Å². The molecule has 1 saturated heterocycles. The van der Waals surface area contributed by atoms with Gasteiger partial charge in [0, 0.05) is 37.3 Å². The number of anilines is 1. The fourth-order valence-electron chi connectivity index (χ4n) is 2.97. The molecular formula is C19H28N2O4. The standard InChI is InChI=1S/C19H28N2O4/c1-5-17(23)15-8-6-7-9-16(15)21-11-10-20(12-14(21)13-22)18(24)25-19(2,3)4/h6-9,14,22H,5,10-13H2,1-4H3. The fraction of sp³-hybridized carbons (Fsp3) is 0.579. The smallest absolute Gasteiger partial charge is 0.410 e. The Morgan fingerprint density at radius 1 is 1.24 bits per heavy atom. The molecule has 0 aliphatic carbocycles. The number of carbonyl (C=O) groups is 2. The van der Waals surface area contributed by atoms with Crippen molar-refractivity contribution >= 4 is 17.6 Å². The van der Waals surface area contributed by atoms with Gasteiger partial charge < -0.3 is 19.6 Å². The molecule has 0 radical (unpaired) electrons. The van der Waals surface area contributed by atoms with E-state index in [1.165, 1.54) is 0 Å². The minimum absolute atomic E-state index is 0.0712. The first-order valence-corrected chi connectivity index (χ1v) is 8.74. The normalized spacial score (nSPS) is 18.2. The molecule has 1 fully saturated rings. The number of rotatable bonds is 4. The van der Waals surface area contributed by atoms with Gasteiger partial charge in [-0.3, -0.25) is 4.79 Å². The summed E-state index contributed by atoms with van der Waals surface area (Å²) in [5.74, 6) is 0.0712. The van der Waals surface area contributed by atoms with Crippen molar-refractivity contribution in [2.75, 3.05) is 31.1 Å². The minimum atomic E-state index is -0.553. The van der Waals surface area contributed by atoms with Crippen LogP contribution in [0.4, 0.5) is 10.5 Å². The largest absolute Gasteiger partial charge is 0.444 e. The summed E-state index contributed by atoms with van der Waals surface area (Å²) in [6, 6.07) is 7.17. The Morgan fingerprint density at radius 2 is 1.92 bits per heavy atom. The average molecular weight is 348 g/mol. The van der Waals surface area contributed by atoms with Crippen LogP contribution in [0, 0.1) is 0 Å². The third-order valence-corrected chi connectivity index (χ3v) is 4.18. The van der Waals surface area contributed by atoms with E-state index in [0.29, 0.717) is 31.6 Å². The second kappa shape index (κ2) is 7.87. The van der Waals surface area contributed by atoms with Crippen LogP contribution in [0.3, 0.4) is 0 Å². The molecule has 2 rings (SSSR count). The molecule has 6 nitrogen and oxygen atoms in total. The van der Waals surface area contributed by atoms with Crippen LogP contribution in [0.1, 0.15) is 44.5 Å². The van der Waals surface area contributed by atoms with Crippen molar-refractivity contribution in [3.05, 3.63) is 29.8 Å². The quantitative estimate of drug-likeness (QED) is 0.847. The van der Waals surface area contributed by atoms with Gasteiger partial charge in [0.1, 0.15) is 5.60 Å². The molecule has 1 aliphatic rings. The monoisotopic (exact) mass is 348 g/mol. The molecule has 0 bridgehead atoms. The van der Waals surface area contributed by atoms with Crippen LogP contribution in [0.15, 0.2) is 24.3 Å². The van der Waals surface area contributed by atoms with Gasteiger partial charge in [-0.25, -0.2) is 4.79 Å². The minimum Gasteiger partial charge on any atom is -0.444 e. The van der Waals surface area contributed by atoms with E-state index >= 15 is 0 Å². The lowest BCUT2D eigenvalue weighted by atomic mass is 10.0. The molecular weight excluding hydrogens is 320 g/mol. The second-order valence-corrected chi connectivity index (χ2v) is 7.25. The Labute approximate surface area is 149 Å². The molecule has 1 N–H and O–H groups in total. The maximum atomic E-state index is 12.3. The van der Waals surface area contributed by atoms with Gasteiger partial charge in [-0.05, 0) is 32.9 Å². The molecule has 25 heavy (non-hydrogen) atoms. The van der Waals surface area contributed by atoms with Gasteiger partial charge in [-0.2, -0.15) is 0 Å². The van der Waals surface area contributed by atoms with Gasteiger partial charge in [0.2, 0.25) is 0 Å². The molecule has 1 aromatic carbocycles. The van der Waals surface area contributed by atoms with Crippen molar-refractivity contribution in [1.29, 1.82) is 0 Å². The van der Waals surface area contributed by atoms with Crippen LogP contribution >= 0.6 is 0 Å². The molecule has 0 saturated carbocycles. The predicted molar refractivity (Wildman–Crippen MR) is 97.1 cm³/mol. The van der Waals surface area contributed by atoms with E-state index in [1.807, 2.05) is 56.9 Å². The third-order valence-electron chi connectivity index (χ3n) is 4.18. The van der Waals surface area contributed by atoms with E-state index in [4.69, 9.17) is 4.74 Å².